The first-order valence-corrected chi connectivity index (χ1v) is 18.3. The van der Waals surface area contributed by atoms with Gasteiger partial charge < -0.3 is 14.7 Å². The zero-order chi connectivity index (χ0) is 37.2. The topological polar surface area (TPSA) is 104 Å². The number of carboxylic acid groups (broad SMARTS) is 1. The summed E-state index contributed by atoms with van der Waals surface area (Å²) in [7, 11) is -5.44. The number of carboxylic acids is 1. The molecule has 2 aliphatic rings. The van der Waals surface area contributed by atoms with Crippen molar-refractivity contribution < 1.29 is 49.8 Å². The monoisotopic (exact) mass is 742 g/mol. The molecule has 1 N–H and O–H groups in total. The first-order valence-electron chi connectivity index (χ1n) is 16.9. The molecule has 274 valence electrons. The molecule has 0 radical (unpaired) electrons. The number of rotatable bonds is 11. The molecule has 0 spiro atoms. The number of halogens is 5. The summed E-state index contributed by atoms with van der Waals surface area (Å²) >= 11 is 0. The van der Waals surface area contributed by atoms with Crippen LogP contribution in [0.15, 0.2) is 77.7 Å². The molecule has 1 unspecified atom stereocenters. The standard InChI is InChI=1S/C38H35F5N2O6S/c39-31-32(40)34(42)36(35(43)33(31)41)52(49,50)45-19-7-12-29(45)37(46)44(21-23-13-15-26(16-14-23)25-10-5-2-6-11-25)27-17-18-28(38(47)48)30(20-27)51-22-24-8-3-1-4-9-24/h1,3-4,8-9,13-18,20,25,29H,2,5-7,10-12,19,21-22H2,(H,47,48). The molecule has 0 aromatic heterocycles. The van der Waals surface area contributed by atoms with Gasteiger partial charge in [0.15, 0.2) is 28.2 Å². The summed E-state index contributed by atoms with van der Waals surface area (Å²) < 4.78 is 105. The van der Waals surface area contributed by atoms with Crippen LogP contribution in [0, 0.1) is 29.1 Å². The third-order valence-corrected chi connectivity index (χ3v) is 11.6. The molecule has 0 bridgehead atoms. The van der Waals surface area contributed by atoms with Crippen molar-refractivity contribution in [3.05, 3.63) is 124 Å². The summed E-state index contributed by atoms with van der Waals surface area (Å²) in [5.41, 5.74) is 2.42. The molecule has 1 saturated carbocycles. The van der Waals surface area contributed by atoms with Crippen LogP contribution in [0.1, 0.15) is 77.9 Å². The van der Waals surface area contributed by atoms with E-state index in [0.717, 1.165) is 36.8 Å². The van der Waals surface area contributed by atoms with Gasteiger partial charge in [-0.25, -0.2) is 35.2 Å². The van der Waals surface area contributed by atoms with E-state index in [2.05, 4.69) is 0 Å². The van der Waals surface area contributed by atoms with Crippen molar-refractivity contribution in [1.29, 1.82) is 0 Å². The van der Waals surface area contributed by atoms with Crippen molar-refractivity contribution >= 4 is 27.6 Å². The van der Waals surface area contributed by atoms with E-state index >= 15 is 0 Å². The molecule has 1 atom stereocenters. The lowest BCUT2D eigenvalue weighted by molar-refractivity contribution is -0.121. The number of nitrogens with zero attached hydrogens (tertiary/aromatic N) is 2. The number of ether oxygens (including phenoxy) is 1. The highest BCUT2D eigenvalue weighted by Crippen LogP contribution is 2.36. The normalized spacial score (nSPS) is 16.9. The molecule has 14 heteroatoms. The number of anilines is 1. The Hall–Kier alpha value is -4.82. The molecular weight excluding hydrogens is 707 g/mol. The zero-order valence-corrected chi connectivity index (χ0v) is 28.7. The van der Waals surface area contributed by atoms with Crippen molar-refractivity contribution in [3.63, 3.8) is 0 Å². The van der Waals surface area contributed by atoms with Crippen LogP contribution in [0.2, 0.25) is 0 Å². The van der Waals surface area contributed by atoms with Gasteiger partial charge in [0.1, 0.15) is 24.0 Å². The van der Waals surface area contributed by atoms with E-state index in [1.165, 1.54) is 29.5 Å². The molecule has 4 aromatic carbocycles. The Balaban J connectivity index is 1.38. The van der Waals surface area contributed by atoms with Crippen LogP contribution in [0.5, 0.6) is 5.75 Å². The summed E-state index contributed by atoms with van der Waals surface area (Å²) in [5.74, 6) is -14.3. The van der Waals surface area contributed by atoms with Crippen molar-refractivity contribution in [3.8, 4) is 5.75 Å². The van der Waals surface area contributed by atoms with E-state index in [9.17, 15) is 45.1 Å². The molecule has 1 aliphatic carbocycles. The first-order chi connectivity index (χ1) is 24.9. The third-order valence-electron chi connectivity index (χ3n) is 9.63. The van der Waals surface area contributed by atoms with Crippen LogP contribution in [0.25, 0.3) is 0 Å². The maximum Gasteiger partial charge on any atom is 0.339 e. The highest BCUT2D eigenvalue weighted by atomic mass is 32.2. The van der Waals surface area contributed by atoms with Gasteiger partial charge in [-0.05, 0) is 60.4 Å². The van der Waals surface area contributed by atoms with Gasteiger partial charge in [-0.15, -0.1) is 0 Å². The fraction of sp³-hybridized carbons (Fsp3) is 0.316. The average molecular weight is 743 g/mol. The second-order valence-electron chi connectivity index (χ2n) is 12.9. The Bertz CT molecular complexity index is 2050. The minimum atomic E-state index is -5.44. The highest BCUT2D eigenvalue weighted by molar-refractivity contribution is 7.89. The molecule has 1 heterocycles. The lowest BCUT2D eigenvalue weighted by atomic mass is 9.84. The number of carbonyl (C=O) groups excluding carboxylic acids is 1. The second kappa shape index (κ2) is 15.4. The zero-order valence-electron chi connectivity index (χ0n) is 27.8. The van der Waals surface area contributed by atoms with Gasteiger partial charge in [-0.1, -0.05) is 73.9 Å². The van der Waals surface area contributed by atoms with Crippen LogP contribution >= 0.6 is 0 Å². The quantitative estimate of drug-likeness (QED) is 0.0947. The van der Waals surface area contributed by atoms with E-state index < -0.39 is 68.5 Å². The summed E-state index contributed by atoms with van der Waals surface area (Å²) in [6, 6.07) is 18.8. The maximum absolute atomic E-state index is 14.8. The summed E-state index contributed by atoms with van der Waals surface area (Å²) in [5, 5.41) is 9.90. The molecule has 2 fully saturated rings. The minimum Gasteiger partial charge on any atom is -0.488 e. The Kier molecular flexibility index (Phi) is 11.0. The lowest BCUT2D eigenvalue weighted by Crippen LogP contribution is -2.48. The van der Waals surface area contributed by atoms with Gasteiger partial charge >= 0.3 is 5.97 Å². The predicted octanol–water partition coefficient (Wildman–Crippen LogP) is 8.09. The van der Waals surface area contributed by atoms with Gasteiger partial charge in [0.25, 0.3) is 0 Å². The summed E-state index contributed by atoms with van der Waals surface area (Å²) in [6.45, 7) is -0.593. The number of hydrogen-bond donors (Lipinski definition) is 1. The number of hydrogen-bond acceptors (Lipinski definition) is 5. The van der Waals surface area contributed by atoms with E-state index in [0.29, 0.717) is 15.8 Å². The van der Waals surface area contributed by atoms with E-state index in [-0.39, 0.29) is 43.0 Å². The number of aromatic carboxylic acids is 1. The van der Waals surface area contributed by atoms with E-state index in [1.54, 1.807) is 30.3 Å². The maximum atomic E-state index is 14.8. The van der Waals surface area contributed by atoms with Crippen molar-refractivity contribution in [2.45, 2.75) is 75.0 Å². The predicted molar refractivity (Wildman–Crippen MR) is 181 cm³/mol. The van der Waals surface area contributed by atoms with Crippen LogP contribution in [0.3, 0.4) is 0 Å². The third kappa shape index (κ3) is 7.40. The number of amides is 1. The Labute approximate surface area is 297 Å². The van der Waals surface area contributed by atoms with Crippen molar-refractivity contribution in [2.75, 3.05) is 11.4 Å². The fourth-order valence-electron chi connectivity index (χ4n) is 6.90. The summed E-state index contributed by atoms with van der Waals surface area (Å²) in [4.78, 5) is 25.8. The van der Waals surface area contributed by atoms with Crippen LogP contribution in [-0.2, 0) is 28.0 Å². The van der Waals surface area contributed by atoms with Crippen LogP contribution in [-0.4, -0.2) is 42.3 Å². The Morgan fingerprint density at radius 2 is 1.40 bits per heavy atom. The summed E-state index contributed by atoms with van der Waals surface area (Å²) in [6.07, 6.45) is 5.46. The van der Waals surface area contributed by atoms with E-state index in [1.807, 2.05) is 24.3 Å². The Morgan fingerprint density at radius 3 is 2.04 bits per heavy atom. The fourth-order valence-corrected chi connectivity index (χ4v) is 8.67. The van der Waals surface area contributed by atoms with Crippen LogP contribution < -0.4 is 9.64 Å². The van der Waals surface area contributed by atoms with Gasteiger partial charge in [0, 0.05) is 18.3 Å². The van der Waals surface area contributed by atoms with Crippen molar-refractivity contribution in [2.24, 2.45) is 0 Å². The number of benzene rings is 4. The van der Waals surface area contributed by atoms with Crippen LogP contribution in [0.4, 0.5) is 27.6 Å². The molecule has 1 saturated heterocycles. The lowest BCUT2D eigenvalue weighted by Gasteiger charge is -2.31. The SMILES string of the molecule is O=C(O)c1ccc(N(Cc2ccc(C3CCCCC3)cc2)C(=O)C2CCCN2S(=O)(=O)c2c(F)c(F)c(F)c(F)c2F)cc1OCc1ccccc1. The molecule has 1 aliphatic heterocycles. The Morgan fingerprint density at radius 1 is 0.769 bits per heavy atom. The molecule has 6 rings (SSSR count). The van der Waals surface area contributed by atoms with Gasteiger partial charge in [-0.3, -0.25) is 4.79 Å². The van der Waals surface area contributed by atoms with Gasteiger partial charge in [0.05, 0.1) is 6.54 Å². The van der Waals surface area contributed by atoms with Crippen molar-refractivity contribution in [1.82, 2.24) is 4.31 Å². The molecule has 4 aromatic rings. The first kappa shape index (κ1) is 37.0. The van der Waals surface area contributed by atoms with Gasteiger partial charge in [-0.2, -0.15) is 4.31 Å². The number of sulfonamides is 1. The second-order valence-corrected chi connectivity index (χ2v) is 14.8. The molecular formula is C38H35F5N2O6S. The highest BCUT2D eigenvalue weighted by Gasteiger charge is 2.45. The number of carbonyl (C=O) groups is 2. The van der Waals surface area contributed by atoms with E-state index in [4.69, 9.17) is 4.74 Å². The van der Waals surface area contributed by atoms with Gasteiger partial charge in [0.2, 0.25) is 21.7 Å². The smallest absolute Gasteiger partial charge is 0.339 e. The minimum absolute atomic E-state index is 0.0162. The molecule has 52 heavy (non-hydrogen) atoms. The average Bonchev–Trinajstić information content (AvgIpc) is 3.67. The molecule has 1 amide bonds. The largest absolute Gasteiger partial charge is 0.488 e. The molecule has 8 nitrogen and oxygen atoms in total.